The van der Waals surface area contributed by atoms with Gasteiger partial charge in [0.25, 0.3) is 0 Å². The van der Waals surface area contributed by atoms with Gasteiger partial charge in [-0.25, -0.2) is 0 Å². The first-order valence-corrected chi connectivity index (χ1v) is 9.02. The molecule has 1 N–H and O–H groups in total. The third-order valence-corrected chi connectivity index (χ3v) is 5.14. The number of hydrogen-bond acceptors (Lipinski definition) is 2. The van der Waals surface area contributed by atoms with Gasteiger partial charge in [-0.3, -0.25) is 0 Å². The zero-order valence-corrected chi connectivity index (χ0v) is 14.7. The lowest BCUT2D eigenvalue weighted by molar-refractivity contribution is 0.454. The van der Waals surface area contributed by atoms with Gasteiger partial charge in [0.2, 0.25) is 0 Å². The van der Waals surface area contributed by atoms with E-state index in [2.05, 4.69) is 72.8 Å². The Morgan fingerprint density at radius 3 is 1.70 bits per heavy atom. The molecule has 128 valence electrons. The van der Waals surface area contributed by atoms with Crippen LogP contribution in [0, 0.1) is 0 Å². The molecule has 0 unspecified atom stereocenters. The number of hydrogen-bond donors (Lipinski definition) is 1. The van der Waals surface area contributed by atoms with Crippen molar-refractivity contribution in [3.8, 4) is 16.9 Å². The van der Waals surface area contributed by atoms with Crippen LogP contribution in [0.15, 0.2) is 91.0 Å². The monoisotopic (exact) mass is 348 g/mol. The molecule has 5 aromatic rings. The molecule has 0 spiro atoms. The summed E-state index contributed by atoms with van der Waals surface area (Å²) in [6.45, 7) is 0. The van der Waals surface area contributed by atoms with Crippen molar-refractivity contribution < 1.29 is 9.68 Å². The summed E-state index contributed by atoms with van der Waals surface area (Å²) in [6.07, 6.45) is 0. The van der Waals surface area contributed by atoms with Crippen LogP contribution in [0.5, 0.6) is 5.75 Å². The van der Waals surface area contributed by atoms with E-state index in [9.17, 15) is 0 Å². The predicted octanol–water partition coefficient (Wildman–Crippen LogP) is 5.45. The van der Waals surface area contributed by atoms with Crippen LogP contribution in [0.4, 0.5) is 0 Å². The average Bonchev–Trinajstić information content (AvgIpc) is 2.74. The molecule has 3 heteroatoms. The summed E-state index contributed by atoms with van der Waals surface area (Å²) >= 11 is 0. The van der Waals surface area contributed by atoms with E-state index in [4.69, 9.17) is 9.68 Å². The molecule has 0 saturated heterocycles. The first-order valence-electron chi connectivity index (χ1n) is 9.02. The van der Waals surface area contributed by atoms with Gasteiger partial charge in [0.15, 0.2) is 0 Å². The van der Waals surface area contributed by atoms with Crippen molar-refractivity contribution in [1.82, 2.24) is 0 Å². The Balaban J connectivity index is 1.82. The SMILES string of the molecule is OBOc1cccc(-c2ccc3c4ccccc4c4ccccc4c3c2)c1. The van der Waals surface area contributed by atoms with Crippen LogP contribution in [-0.2, 0) is 0 Å². The van der Waals surface area contributed by atoms with Crippen molar-refractivity contribution >= 4 is 40.0 Å². The van der Waals surface area contributed by atoms with Crippen molar-refractivity contribution in [1.29, 1.82) is 0 Å². The lowest BCUT2D eigenvalue weighted by Crippen LogP contribution is -1.99. The van der Waals surface area contributed by atoms with E-state index >= 15 is 0 Å². The molecule has 0 aliphatic carbocycles. The standard InChI is InChI=1S/C24H17BO2/c26-25-27-18-7-5-6-16(14-18)17-12-13-23-21-10-2-1-8-19(21)20-9-3-4-11-22(20)24(23)15-17/h1-15,25-26H. The summed E-state index contributed by atoms with van der Waals surface area (Å²) < 4.78 is 5.24. The van der Waals surface area contributed by atoms with E-state index in [0.29, 0.717) is 5.75 Å². The van der Waals surface area contributed by atoms with Crippen LogP contribution in [0.25, 0.3) is 43.4 Å². The Kier molecular flexibility index (Phi) is 3.81. The van der Waals surface area contributed by atoms with Crippen molar-refractivity contribution in [3.63, 3.8) is 0 Å². The molecule has 5 aromatic carbocycles. The highest BCUT2D eigenvalue weighted by Crippen LogP contribution is 2.37. The minimum atomic E-state index is -0.322. The topological polar surface area (TPSA) is 29.5 Å². The van der Waals surface area contributed by atoms with Crippen molar-refractivity contribution in [2.75, 3.05) is 0 Å². The molecule has 2 nitrogen and oxygen atoms in total. The molecular formula is C24H17BO2. The van der Waals surface area contributed by atoms with Gasteiger partial charge < -0.3 is 9.68 Å². The smallest absolute Gasteiger partial charge is 0.504 e. The second kappa shape index (κ2) is 6.46. The van der Waals surface area contributed by atoms with Crippen molar-refractivity contribution in [3.05, 3.63) is 91.0 Å². The summed E-state index contributed by atoms with van der Waals surface area (Å²) in [7, 11) is -0.322. The highest BCUT2D eigenvalue weighted by Gasteiger charge is 2.09. The molecule has 0 aliphatic rings. The van der Waals surface area contributed by atoms with Gasteiger partial charge in [0, 0.05) is 0 Å². The summed E-state index contributed by atoms with van der Waals surface area (Å²) in [6, 6.07) is 31.6. The van der Waals surface area contributed by atoms with Gasteiger partial charge in [-0.15, -0.1) is 0 Å². The minimum absolute atomic E-state index is 0.322. The highest BCUT2D eigenvalue weighted by molar-refractivity contribution is 6.25. The maximum absolute atomic E-state index is 9.02. The van der Waals surface area contributed by atoms with Crippen molar-refractivity contribution in [2.45, 2.75) is 0 Å². The molecule has 0 radical (unpaired) electrons. The van der Waals surface area contributed by atoms with Gasteiger partial charge in [-0.1, -0.05) is 72.8 Å². The van der Waals surface area contributed by atoms with Crippen molar-refractivity contribution in [2.24, 2.45) is 0 Å². The first-order chi connectivity index (χ1) is 13.3. The fourth-order valence-electron chi connectivity index (χ4n) is 3.93. The van der Waals surface area contributed by atoms with Gasteiger partial charge >= 0.3 is 7.69 Å². The van der Waals surface area contributed by atoms with Gasteiger partial charge in [0.05, 0.1) is 0 Å². The van der Waals surface area contributed by atoms with E-state index in [0.717, 1.165) is 11.1 Å². The summed E-state index contributed by atoms with van der Waals surface area (Å²) in [5.41, 5.74) is 2.20. The van der Waals surface area contributed by atoms with Crippen LogP contribution in [-0.4, -0.2) is 12.7 Å². The largest absolute Gasteiger partial charge is 0.539 e. The molecule has 0 amide bonds. The zero-order valence-electron chi connectivity index (χ0n) is 14.7. The fraction of sp³-hybridized carbons (Fsp3) is 0. The normalized spacial score (nSPS) is 11.1. The van der Waals surface area contributed by atoms with E-state index in [1.807, 2.05) is 18.2 Å². The summed E-state index contributed by atoms with van der Waals surface area (Å²) in [5, 5.41) is 16.6. The molecule has 0 fully saturated rings. The fourth-order valence-corrected chi connectivity index (χ4v) is 3.93. The predicted molar refractivity (Wildman–Crippen MR) is 114 cm³/mol. The lowest BCUT2D eigenvalue weighted by Gasteiger charge is -2.12. The minimum Gasteiger partial charge on any atom is -0.539 e. The Morgan fingerprint density at radius 2 is 1.07 bits per heavy atom. The lowest BCUT2D eigenvalue weighted by atomic mass is 9.92. The van der Waals surface area contributed by atoms with E-state index in [1.165, 1.54) is 32.3 Å². The third kappa shape index (κ3) is 2.64. The Hall–Kier alpha value is -3.30. The molecule has 0 atom stereocenters. The maximum Gasteiger partial charge on any atom is 0.504 e. The van der Waals surface area contributed by atoms with Crippen LogP contribution in [0.1, 0.15) is 0 Å². The average molecular weight is 348 g/mol. The summed E-state index contributed by atoms with van der Waals surface area (Å²) in [5.74, 6) is 0.665. The van der Waals surface area contributed by atoms with Crippen LogP contribution < -0.4 is 4.65 Å². The van der Waals surface area contributed by atoms with Gasteiger partial charge in [-0.2, -0.15) is 0 Å². The zero-order chi connectivity index (χ0) is 18.2. The van der Waals surface area contributed by atoms with E-state index in [1.54, 1.807) is 0 Å². The van der Waals surface area contributed by atoms with Gasteiger partial charge in [-0.05, 0) is 61.6 Å². The van der Waals surface area contributed by atoms with Crippen LogP contribution in [0.2, 0.25) is 0 Å². The first kappa shape index (κ1) is 15.9. The van der Waals surface area contributed by atoms with E-state index in [-0.39, 0.29) is 7.69 Å². The third-order valence-electron chi connectivity index (χ3n) is 5.14. The number of fused-ring (bicyclic) bond motifs is 6. The molecule has 0 saturated carbocycles. The molecular weight excluding hydrogens is 331 g/mol. The molecule has 0 aliphatic heterocycles. The van der Waals surface area contributed by atoms with E-state index < -0.39 is 0 Å². The molecule has 0 bridgehead atoms. The number of rotatable bonds is 3. The Bertz CT molecular complexity index is 1260. The second-order valence-corrected chi connectivity index (χ2v) is 6.65. The second-order valence-electron chi connectivity index (χ2n) is 6.65. The highest BCUT2D eigenvalue weighted by atomic mass is 16.5. The molecule has 0 heterocycles. The van der Waals surface area contributed by atoms with Crippen LogP contribution >= 0.6 is 0 Å². The summed E-state index contributed by atoms with van der Waals surface area (Å²) in [4.78, 5) is 0. The molecule has 5 rings (SSSR count). The maximum atomic E-state index is 9.02. The molecule has 0 aromatic heterocycles. The molecule has 27 heavy (non-hydrogen) atoms. The van der Waals surface area contributed by atoms with Crippen LogP contribution in [0.3, 0.4) is 0 Å². The Labute approximate surface area is 157 Å². The number of benzene rings is 5. The van der Waals surface area contributed by atoms with Gasteiger partial charge in [0.1, 0.15) is 5.75 Å². The Morgan fingerprint density at radius 1 is 0.519 bits per heavy atom. The quantitative estimate of drug-likeness (QED) is 0.347.